The molecule has 128 valence electrons. The highest BCUT2D eigenvalue weighted by Crippen LogP contribution is 2.14. The number of nitrogens with one attached hydrogen (secondary N) is 1. The molecule has 1 aliphatic heterocycles. The van der Waals surface area contributed by atoms with E-state index >= 15 is 0 Å². The summed E-state index contributed by atoms with van der Waals surface area (Å²) >= 11 is 0. The van der Waals surface area contributed by atoms with E-state index in [9.17, 15) is 9.59 Å². The maximum absolute atomic E-state index is 12.9. The van der Waals surface area contributed by atoms with E-state index in [-0.39, 0.29) is 11.8 Å². The quantitative estimate of drug-likeness (QED) is 0.874. The molecule has 0 bridgehead atoms. The van der Waals surface area contributed by atoms with Gasteiger partial charge in [-0.1, -0.05) is 18.2 Å². The Morgan fingerprint density at radius 1 is 0.960 bits per heavy atom. The number of piperidine rings is 1. The molecule has 5 heteroatoms. The fourth-order valence-electron chi connectivity index (χ4n) is 2.83. The Labute approximate surface area is 147 Å². The van der Waals surface area contributed by atoms with Crippen molar-refractivity contribution in [3.05, 3.63) is 71.7 Å². The predicted molar refractivity (Wildman–Crippen MR) is 96.6 cm³/mol. The molecule has 2 aromatic rings. The molecule has 1 aliphatic rings. The van der Waals surface area contributed by atoms with Crippen LogP contribution >= 0.6 is 0 Å². The zero-order chi connectivity index (χ0) is 17.5. The second-order valence-corrected chi connectivity index (χ2v) is 6.01. The van der Waals surface area contributed by atoms with E-state index in [1.807, 2.05) is 11.0 Å². The summed E-state index contributed by atoms with van der Waals surface area (Å²) in [5.74, 6) is -0.424. The first kappa shape index (κ1) is 16.9. The molecule has 0 atom stereocenters. The smallest absolute Gasteiger partial charge is 0.270 e. The first-order valence-electron chi connectivity index (χ1n) is 8.51. The minimum atomic E-state index is -0.286. The highest BCUT2D eigenvalue weighted by Gasteiger charge is 2.22. The summed E-state index contributed by atoms with van der Waals surface area (Å²) in [4.78, 5) is 31.2. The third kappa shape index (κ3) is 4.53. The predicted octanol–water partition coefficient (Wildman–Crippen LogP) is 2.87. The Bertz CT molecular complexity index is 751. The molecule has 3 rings (SSSR count). The second kappa shape index (κ2) is 8.24. The Morgan fingerprint density at radius 3 is 2.32 bits per heavy atom. The molecule has 2 amide bonds. The van der Waals surface area contributed by atoms with Crippen molar-refractivity contribution in [2.24, 2.45) is 0 Å². The maximum atomic E-state index is 12.9. The van der Waals surface area contributed by atoms with Crippen LogP contribution in [0.25, 0.3) is 6.08 Å². The van der Waals surface area contributed by atoms with Gasteiger partial charge in [0, 0.05) is 31.0 Å². The van der Waals surface area contributed by atoms with Crippen LogP contribution in [0.4, 0.5) is 0 Å². The number of nitrogens with zero attached hydrogens (tertiary/aromatic N) is 2. The molecule has 0 spiro atoms. The Kier molecular flexibility index (Phi) is 5.57. The summed E-state index contributed by atoms with van der Waals surface area (Å²) in [7, 11) is 0. The van der Waals surface area contributed by atoms with E-state index in [0.717, 1.165) is 37.9 Å². The zero-order valence-electron chi connectivity index (χ0n) is 14.0. The van der Waals surface area contributed by atoms with Gasteiger partial charge in [-0.15, -0.1) is 0 Å². The lowest BCUT2D eigenvalue weighted by Gasteiger charge is -2.27. The summed E-state index contributed by atoms with van der Waals surface area (Å²) in [6.07, 6.45) is 8.17. The van der Waals surface area contributed by atoms with Crippen molar-refractivity contribution in [1.82, 2.24) is 15.2 Å². The highest BCUT2D eigenvalue weighted by atomic mass is 16.2. The van der Waals surface area contributed by atoms with Gasteiger partial charge in [0.25, 0.3) is 11.8 Å². The largest absolute Gasteiger partial charge is 0.337 e. The number of pyridine rings is 1. The minimum Gasteiger partial charge on any atom is -0.337 e. The van der Waals surface area contributed by atoms with Crippen molar-refractivity contribution in [1.29, 1.82) is 0 Å². The lowest BCUT2D eigenvalue weighted by atomic mass is 10.1. The fourth-order valence-corrected chi connectivity index (χ4v) is 2.83. The Morgan fingerprint density at radius 2 is 1.64 bits per heavy atom. The lowest BCUT2D eigenvalue weighted by molar-refractivity contribution is -0.128. The number of hydrogen-bond acceptors (Lipinski definition) is 3. The van der Waals surface area contributed by atoms with Crippen LogP contribution in [0.3, 0.4) is 0 Å². The normalized spacial score (nSPS) is 14.9. The number of amides is 2. The van der Waals surface area contributed by atoms with Gasteiger partial charge in [-0.2, -0.15) is 0 Å². The maximum Gasteiger partial charge on any atom is 0.270 e. The van der Waals surface area contributed by atoms with Crippen molar-refractivity contribution in [2.45, 2.75) is 19.3 Å². The molecule has 0 aliphatic carbocycles. The molecule has 0 saturated carbocycles. The molecule has 25 heavy (non-hydrogen) atoms. The molecule has 2 heterocycles. The molecule has 1 aromatic carbocycles. The van der Waals surface area contributed by atoms with E-state index in [1.54, 1.807) is 54.9 Å². The summed E-state index contributed by atoms with van der Waals surface area (Å²) in [6.45, 7) is 1.46. The van der Waals surface area contributed by atoms with Crippen LogP contribution in [0.15, 0.2) is 60.6 Å². The third-order valence-corrected chi connectivity index (χ3v) is 4.17. The molecule has 0 unspecified atom stereocenters. The van der Waals surface area contributed by atoms with Gasteiger partial charge in [-0.3, -0.25) is 14.6 Å². The summed E-state index contributed by atoms with van der Waals surface area (Å²) in [5, 5.41) is 2.79. The van der Waals surface area contributed by atoms with E-state index in [0.29, 0.717) is 11.3 Å². The van der Waals surface area contributed by atoms with Crippen LogP contribution in [0, 0.1) is 0 Å². The number of hydrogen-bond donors (Lipinski definition) is 1. The van der Waals surface area contributed by atoms with Crippen molar-refractivity contribution >= 4 is 17.9 Å². The SMILES string of the molecule is O=C(NC(=Cc1ccncc1)C(=O)N1CCCCC1)c1ccccc1. The fraction of sp³-hybridized carbons (Fsp3) is 0.250. The molecule has 1 N–H and O–H groups in total. The van der Waals surface area contributed by atoms with Gasteiger partial charge in [-0.05, 0) is 55.2 Å². The van der Waals surface area contributed by atoms with E-state index < -0.39 is 0 Å². The van der Waals surface area contributed by atoms with Crippen LogP contribution < -0.4 is 5.32 Å². The van der Waals surface area contributed by atoms with Gasteiger partial charge in [-0.25, -0.2) is 0 Å². The number of aromatic nitrogens is 1. The number of benzene rings is 1. The molecule has 1 fully saturated rings. The minimum absolute atomic E-state index is 0.138. The zero-order valence-corrected chi connectivity index (χ0v) is 14.0. The first-order valence-corrected chi connectivity index (χ1v) is 8.51. The van der Waals surface area contributed by atoms with Crippen LogP contribution in [0.2, 0.25) is 0 Å². The van der Waals surface area contributed by atoms with Gasteiger partial charge < -0.3 is 10.2 Å². The number of carbonyl (C=O) groups is 2. The van der Waals surface area contributed by atoms with Crippen LogP contribution in [-0.4, -0.2) is 34.8 Å². The third-order valence-electron chi connectivity index (χ3n) is 4.17. The molecule has 1 aromatic heterocycles. The number of carbonyl (C=O) groups excluding carboxylic acids is 2. The van der Waals surface area contributed by atoms with Gasteiger partial charge in [0.2, 0.25) is 0 Å². The highest BCUT2D eigenvalue weighted by molar-refractivity contribution is 6.05. The van der Waals surface area contributed by atoms with Crippen LogP contribution in [-0.2, 0) is 4.79 Å². The second-order valence-electron chi connectivity index (χ2n) is 6.01. The van der Waals surface area contributed by atoms with E-state index in [4.69, 9.17) is 0 Å². The van der Waals surface area contributed by atoms with Gasteiger partial charge in [0.05, 0.1) is 0 Å². The van der Waals surface area contributed by atoms with Crippen molar-refractivity contribution in [3.63, 3.8) is 0 Å². The molecule has 0 radical (unpaired) electrons. The first-order chi connectivity index (χ1) is 12.2. The number of likely N-dealkylation sites (tertiary alicyclic amines) is 1. The van der Waals surface area contributed by atoms with E-state index in [1.165, 1.54) is 0 Å². The summed E-state index contributed by atoms with van der Waals surface area (Å²) in [5.41, 5.74) is 1.64. The van der Waals surface area contributed by atoms with Crippen molar-refractivity contribution in [3.8, 4) is 0 Å². The number of rotatable bonds is 4. The van der Waals surface area contributed by atoms with E-state index in [2.05, 4.69) is 10.3 Å². The molecular weight excluding hydrogens is 314 g/mol. The lowest BCUT2D eigenvalue weighted by Crippen LogP contribution is -2.41. The average molecular weight is 335 g/mol. The Balaban J connectivity index is 1.85. The summed E-state index contributed by atoms with van der Waals surface area (Å²) < 4.78 is 0. The topological polar surface area (TPSA) is 62.3 Å². The Hall–Kier alpha value is -2.95. The molecule has 1 saturated heterocycles. The van der Waals surface area contributed by atoms with Gasteiger partial charge in [0.15, 0.2) is 0 Å². The average Bonchev–Trinajstić information content (AvgIpc) is 2.69. The molecule has 5 nitrogen and oxygen atoms in total. The van der Waals surface area contributed by atoms with Crippen LogP contribution in [0.1, 0.15) is 35.2 Å². The van der Waals surface area contributed by atoms with Gasteiger partial charge >= 0.3 is 0 Å². The monoisotopic (exact) mass is 335 g/mol. The van der Waals surface area contributed by atoms with Crippen molar-refractivity contribution in [2.75, 3.05) is 13.1 Å². The van der Waals surface area contributed by atoms with Gasteiger partial charge in [0.1, 0.15) is 5.70 Å². The van der Waals surface area contributed by atoms with Crippen molar-refractivity contribution < 1.29 is 9.59 Å². The standard InChI is InChI=1S/C20H21N3O2/c24-19(17-7-3-1-4-8-17)22-18(15-16-9-11-21-12-10-16)20(25)23-13-5-2-6-14-23/h1,3-4,7-12,15H,2,5-6,13-14H2,(H,22,24). The summed E-state index contributed by atoms with van der Waals surface area (Å²) in [6, 6.07) is 12.5. The molecular formula is C20H21N3O2. The van der Waals surface area contributed by atoms with Crippen LogP contribution in [0.5, 0.6) is 0 Å².